The van der Waals surface area contributed by atoms with E-state index in [4.69, 9.17) is 0 Å². The molecule has 0 heterocycles. The van der Waals surface area contributed by atoms with Crippen molar-refractivity contribution < 1.29 is 37.0 Å². The number of carbonyl (C=O) groups is 2. The Bertz CT molecular complexity index is 596. The number of benzene rings is 1. The minimum absolute atomic E-state index is 0. The zero-order valence-electron chi connectivity index (χ0n) is 10.7. The number of aliphatic hydroxyl groups excluding tert-OH is 1. The van der Waals surface area contributed by atoms with Crippen LogP contribution in [0.25, 0.3) is 5.76 Å². The molecule has 1 rings (SSSR count). The third kappa shape index (κ3) is 5.20. The summed E-state index contributed by atoms with van der Waals surface area (Å²) in [4.78, 5) is 22.3. The summed E-state index contributed by atoms with van der Waals surface area (Å²) >= 11 is 0. The molecule has 0 aliphatic heterocycles. The summed E-state index contributed by atoms with van der Waals surface area (Å²) < 4.78 is 54.7. The Morgan fingerprint density at radius 1 is 1.32 bits per heavy atom. The van der Waals surface area contributed by atoms with E-state index in [9.17, 15) is 32.3 Å². The van der Waals surface area contributed by atoms with Crippen molar-refractivity contribution in [2.45, 2.75) is 13.1 Å². The van der Waals surface area contributed by atoms with Crippen molar-refractivity contribution in [3.8, 4) is 0 Å². The zero-order chi connectivity index (χ0) is 16.2. The maximum absolute atomic E-state index is 13.3. The second-order valence-corrected chi connectivity index (χ2v) is 3.81. The van der Waals surface area contributed by atoms with E-state index in [1.807, 2.05) is 0 Å². The molecule has 0 fully saturated rings. The minimum atomic E-state index is -4.87. The van der Waals surface area contributed by atoms with E-state index in [0.29, 0.717) is 18.2 Å². The van der Waals surface area contributed by atoms with E-state index in [1.54, 1.807) is 0 Å². The topological polar surface area (TPSA) is 63.6 Å². The SMILES string of the molecule is CCOC(=O)C(=O)C=C(O)c1ccc(C(F)(F)F)c(F)c1.[LiH]. The van der Waals surface area contributed by atoms with Crippen LogP contribution in [0.2, 0.25) is 0 Å². The second-order valence-electron chi connectivity index (χ2n) is 3.81. The van der Waals surface area contributed by atoms with Crippen molar-refractivity contribution in [1.82, 2.24) is 0 Å². The van der Waals surface area contributed by atoms with Crippen LogP contribution < -0.4 is 0 Å². The summed E-state index contributed by atoms with van der Waals surface area (Å²) in [7, 11) is 0. The normalized spacial score (nSPS) is 11.6. The Kier molecular flexibility index (Phi) is 7.36. The molecule has 0 saturated heterocycles. The molecule has 0 unspecified atom stereocenters. The Morgan fingerprint density at radius 3 is 2.36 bits per heavy atom. The van der Waals surface area contributed by atoms with E-state index in [0.717, 1.165) is 6.07 Å². The fourth-order valence-electron chi connectivity index (χ4n) is 1.37. The summed E-state index contributed by atoms with van der Waals surface area (Å²) in [5.41, 5.74) is -1.88. The molecule has 0 aliphatic rings. The molecule has 0 aromatic heterocycles. The molecule has 9 heteroatoms. The molecule has 0 spiro atoms. The Balaban J connectivity index is 0.00000441. The number of alkyl halides is 3. The van der Waals surface area contributed by atoms with Crippen LogP contribution in [0.15, 0.2) is 24.3 Å². The number of carbonyl (C=O) groups excluding carboxylic acids is 2. The maximum atomic E-state index is 13.3. The molecule has 4 nitrogen and oxygen atoms in total. The van der Waals surface area contributed by atoms with Crippen molar-refractivity contribution in [1.29, 1.82) is 0 Å². The van der Waals surface area contributed by atoms with Gasteiger partial charge in [-0.15, -0.1) is 0 Å². The molecule has 1 aromatic carbocycles. The number of ether oxygens (including phenoxy) is 1. The fraction of sp³-hybridized carbons (Fsp3) is 0.231. The van der Waals surface area contributed by atoms with Gasteiger partial charge in [0.1, 0.15) is 11.6 Å². The van der Waals surface area contributed by atoms with E-state index in [2.05, 4.69) is 4.74 Å². The number of aliphatic hydroxyl groups is 1. The molecule has 0 saturated carbocycles. The van der Waals surface area contributed by atoms with Gasteiger partial charge in [-0.05, 0) is 19.1 Å². The van der Waals surface area contributed by atoms with Gasteiger partial charge in [0.15, 0.2) is 0 Å². The molecular formula is C13H11F4LiO4. The fourth-order valence-corrected chi connectivity index (χ4v) is 1.37. The molecule has 0 radical (unpaired) electrons. The van der Waals surface area contributed by atoms with E-state index < -0.39 is 35.1 Å². The number of ketones is 1. The van der Waals surface area contributed by atoms with Crippen molar-refractivity contribution in [2.75, 3.05) is 6.61 Å². The van der Waals surface area contributed by atoms with Crippen molar-refractivity contribution >= 4 is 36.4 Å². The van der Waals surface area contributed by atoms with Crippen molar-refractivity contribution in [3.63, 3.8) is 0 Å². The van der Waals surface area contributed by atoms with Crippen LogP contribution in [0.3, 0.4) is 0 Å². The van der Waals surface area contributed by atoms with Gasteiger partial charge in [-0.25, -0.2) is 9.18 Å². The molecule has 1 N–H and O–H groups in total. The molecule has 116 valence electrons. The standard InChI is InChI=1S/C13H10F4O4.Li.H/c1-2-21-12(20)11(19)6-10(18)7-3-4-8(9(14)5-7)13(15,16)17;;/h3-6,18H,2H2,1H3;;. The molecule has 0 bridgehead atoms. The summed E-state index contributed by atoms with van der Waals surface area (Å²) in [6, 6.07) is 1.60. The summed E-state index contributed by atoms with van der Waals surface area (Å²) in [6.45, 7) is 1.40. The third-order valence-electron chi connectivity index (χ3n) is 2.31. The molecule has 1 aromatic rings. The van der Waals surface area contributed by atoms with Gasteiger partial charge in [-0.1, -0.05) is 6.07 Å². The van der Waals surface area contributed by atoms with Gasteiger partial charge in [-0.3, -0.25) is 4.79 Å². The van der Waals surface area contributed by atoms with Crippen LogP contribution in [0.1, 0.15) is 18.1 Å². The number of rotatable bonds is 4. The van der Waals surface area contributed by atoms with Gasteiger partial charge in [0, 0.05) is 11.6 Å². The predicted molar refractivity (Wildman–Crippen MR) is 70.8 cm³/mol. The van der Waals surface area contributed by atoms with Gasteiger partial charge in [0.25, 0.3) is 5.78 Å². The van der Waals surface area contributed by atoms with Gasteiger partial charge in [0.05, 0.1) is 12.2 Å². The van der Waals surface area contributed by atoms with Crippen molar-refractivity contribution in [2.24, 2.45) is 0 Å². The monoisotopic (exact) mass is 314 g/mol. The van der Waals surface area contributed by atoms with E-state index >= 15 is 0 Å². The third-order valence-corrected chi connectivity index (χ3v) is 2.31. The van der Waals surface area contributed by atoms with Crippen molar-refractivity contribution in [3.05, 3.63) is 41.2 Å². The Morgan fingerprint density at radius 2 is 1.91 bits per heavy atom. The van der Waals surface area contributed by atoms with Crippen LogP contribution in [0.4, 0.5) is 17.6 Å². The summed E-state index contributed by atoms with van der Waals surface area (Å²) in [5.74, 6) is -4.91. The molecular weight excluding hydrogens is 303 g/mol. The van der Waals surface area contributed by atoms with Crippen LogP contribution in [-0.2, 0) is 20.5 Å². The van der Waals surface area contributed by atoms with Crippen LogP contribution >= 0.6 is 0 Å². The molecule has 0 atom stereocenters. The number of halogens is 4. The van der Waals surface area contributed by atoms with E-state index in [1.165, 1.54) is 6.92 Å². The zero-order valence-corrected chi connectivity index (χ0v) is 10.7. The van der Waals surface area contributed by atoms with Gasteiger partial charge >= 0.3 is 31.0 Å². The van der Waals surface area contributed by atoms with Gasteiger partial charge in [0.2, 0.25) is 0 Å². The average molecular weight is 314 g/mol. The molecule has 0 amide bonds. The first-order valence-corrected chi connectivity index (χ1v) is 5.65. The Labute approximate surface area is 134 Å². The van der Waals surface area contributed by atoms with Gasteiger partial charge < -0.3 is 9.84 Å². The first kappa shape index (κ1) is 20.2. The van der Waals surface area contributed by atoms with Crippen LogP contribution in [0.5, 0.6) is 0 Å². The Hall–Kier alpha value is -1.78. The first-order valence-electron chi connectivity index (χ1n) is 5.65. The number of hydrogen-bond acceptors (Lipinski definition) is 4. The second kappa shape index (κ2) is 8.01. The summed E-state index contributed by atoms with van der Waals surface area (Å²) in [5, 5.41) is 9.51. The quantitative estimate of drug-likeness (QED) is 0.231. The predicted octanol–water partition coefficient (Wildman–Crippen LogP) is 2.23. The van der Waals surface area contributed by atoms with Crippen LogP contribution in [0, 0.1) is 5.82 Å². The average Bonchev–Trinajstić information content (AvgIpc) is 2.37. The number of hydrogen-bond donors (Lipinski definition) is 1. The first-order chi connectivity index (χ1) is 9.66. The summed E-state index contributed by atoms with van der Waals surface area (Å²) in [6.07, 6.45) is -4.43. The van der Waals surface area contributed by atoms with Crippen LogP contribution in [-0.4, -0.2) is 42.3 Å². The molecule has 0 aliphatic carbocycles. The van der Waals surface area contributed by atoms with E-state index in [-0.39, 0.29) is 31.0 Å². The number of esters is 1. The van der Waals surface area contributed by atoms with Gasteiger partial charge in [-0.2, -0.15) is 13.2 Å². The molecule has 22 heavy (non-hydrogen) atoms.